The maximum Gasteiger partial charge on any atom is 0.414 e. The van der Waals surface area contributed by atoms with E-state index in [9.17, 15) is 14.4 Å². The van der Waals surface area contributed by atoms with E-state index in [0.717, 1.165) is 5.56 Å². The number of cyclic esters (lactones) is 1. The molecule has 2 aliphatic heterocycles. The number of anilines is 2. The van der Waals surface area contributed by atoms with E-state index in [1.165, 1.54) is 22.8 Å². The molecular weight excluding hydrogens is 483 g/mol. The first-order chi connectivity index (χ1) is 17.3. The zero-order valence-electron chi connectivity index (χ0n) is 20.3. The third-order valence-electron chi connectivity index (χ3n) is 6.16. The number of nitrogens with zero attached hydrogens (tertiary/aromatic N) is 3. The molecule has 0 bridgehead atoms. The van der Waals surface area contributed by atoms with Gasteiger partial charge in [-0.2, -0.15) is 0 Å². The fourth-order valence-corrected chi connectivity index (χ4v) is 4.58. The second-order valence-electron chi connectivity index (χ2n) is 8.61. The molecule has 2 fully saturated rings. The summed E-state index contributed by atoms with van der Waals surface area (Å²) in [6.45, 7) is 3.80. The SMILES string of the molecule is CSc1ccc(/C=C/C(=O)N2CCN(c3ccc(N4C[C@H](CNC(C)=O)OC4=O)cc3F)CC2)cc1. The van der Waals surface area contributed by atoms with Crippen molar-refractivity contribution in [2.45, 2.75) is 17.9 Å². The fraction of sp³-hybridized carbons (Fsp3) is 0.346. The Balaban J connectivity index is 1.32. The minimum absolute atomic E-state index is 0.0687. The highest BCUT2D eigenvalue weighted by Gasteiger charge is 2.33. The highest BCUT2D eigenvalue weighted by molar-refractivity contribution is 7.98. The third-order valence-corrected chi connectivity index (χ3v) is 6.91. The van der Waals surface area contributed by atoms with Gasteiger partial charge in [-0.05, 0) is 48.2 Å². The zero-order chi connectivity index (χ0) is 25.7. The van der Waals surface area contributed by atoms with Crippen molar-refractivity contribution >= 4 is 47.1 Å². The molecule has 0 spiro atoms. The van der Waals surface area contributed by atoms with Crippen molar-refractivity contribution in [3.63, 3.8) is 0 Å². The molecule has 0 unspecified atom stereocenters. The lowest BCUT2D eigenvalue weighted by Crippen LogP contribution is -2.48. The Labute approximate surface area is 214 Å². The minimum atomic E-state index is -0.571. The molecular formula is C26H29FN4O4S. The summed E-state index contributed by atoms with van der Waals surface area (Å²) >= 11 is 1.67. The number of hydrogen-bond acceptors (Lipinski definition) is 6. The molecule has 0 radical (unpaired) electrons. The summed E-state index contributed by atoms with van der Waals surface area (Å²) in [6, 6.07) is 12.6. The number of benzene rings is 2. The number of piperazine rings is 1. The Morgan fingerprint density at radius 2 is 1.86 bits per heavy atom. The maximum absolute atomic E-state index is 15.0. The molecule has 0 saturated carbocycles. The third kappa shape index (κ3) is 6.17. The first kappa shape index (κ1) is 25.6. The second kappa shape index (κ2) is 11.5. The number of thioether (sulfide) groups is 1. The van der Waals surface area contributed by atoms with Crippen LogP contribution in [0.5, 0.6) is 0 Å². The lowest BCUT2D eigenvalue weighted by atomic mass is 10.2. The van der Waals surface area contributed by atoms with Gasteiger partial charge in [0.2, 0.25) is 11.8 Å². The maximum atomic E-state index is 15.0. The number of ether oxygens (including phenoxy) is 1. The van der Waals surface area contributed by atoms with Gasteiger partial charge in [0.25, 0.3) is 0 Å². The molecule has 2 aliphatic rings. The minimum Gasteiger partial charge on any atom is -0.442 e. The topological polar surface area (TPSA) is 82.2 Å². The standard InChI is InChI=1S/C26H29FN4O4S/c1-18(32)28-16-21-17-31(26(34)35-21)20-6-9-24(23(27)15-20)29-11-13-30(14-12-29)25(33)10-5-19-3-7-22(36-2)8-4-19/h3-10,15,21H,11-14,16-17H2,1-2H3,(H,28,32)/b10-5+/t21-/m0/s1. The number of carbonyl (C=O) groups is 3. The van der Waals surface area contributed by atoms with Crippen molar-refractivity contribution in [3.8, 4) is 0 Å². The fourth-order valence-electron chi connectivity index (χ4n) is 4.17. The Morgan fingerprint density at radius 3 is 2.50 bits per heavy atom. The molecule has 36 heavy (non-hydrogen) atoms. The molecule has 2 aromatic carbocycles. The molecule has 3 amide bonds. The number of amides is 3. The molecule has 0 aliphatic carbocycles. The van der Waals surface area contributed by atoms with Crippen molar-refractivity contribution in [2.75, 3.05) is 55.3 Å². The summed E-state index contributed by atoms with van der Waals surface area (Å²) in [5.74, 6) is -0.724. The molecule has 2 saturated heterocycles. The van der Waals surface area contributed by atoms with Crippen molar-refractivity contribution in [1.29, 1.82) is 0 Å². The van der Waals surface area contributed by atoms with Crippen LogP contribution in [0, 0.1) is 5.82 Å². The van der Waals surface area contributed by atoms with E-state index in [0.29, 0.717) is 37.6 Å². The zero-order valence-corrected chi connectivity index (χ0v) is 21.1. The molecule has 1 N–H and O–H groups in total. The lowest BCUT2D eigenvalue weighted by molar-refractivity contribution is -0.126. The van der Waals surface area contributed by atoms with E-state index in [1.807, 2.05) is 35.4 Å². The molecule has 190 valence electrons. The normalized spacial score (nSPS) is 18.0. The van der Waals surface area contributed by atoms with Gasteiger partial charge in [0, 0.05) is 44.1 Å². The van der Waals surface area contributed by atoms with Crippen LogP contribution in [0.1, 0.15) is 12.5 Å². The van der Waals surface area contributed by atoms with E-state index in [-0.39, 0.29) is 24.9 Å². The highest BCUT2D eigenvalue weighted by atomic mass is 32.2. The van der Waals surface area contributed by atoms with Gasteiger partial charge in [-0.3, -0.25) is 14.5 Å². The van der Waals surface area contributed by atoms with E-state index in [2.05, 4.69) is 5.32 Å². The van der Waals surface area contributed by atoms with Crippen LogP contribution in [0.2, 0.25) is 0 Å². The van der Waals surface area contributed by atoms with Crippen LogP contribution in [-0.4, -0.2) is 74.4 Å². The molecule has 4 rings (SSSR count). The number of nitrogens with one attached hydrogen (secondary N) is 1. The smallest absolute Gasteiger partial charge is 0.414 e. The Hall–Kier alpha value is -3.53. The summed E-state index contributed by atoms with van der Waals surface area (Å²) in [7, 11) is 0. The van der Waals surface area contributed by atoms with E-state index in [1.54, 1.807) is 40.9 Å². The van der Waals surface area contributed by atoms with Crippen molar-refractivity contribution < 1.29 is 23.5 Å². The largest absolute Gasteiger partial charge is 0.442 e. The average molecular weight is 513 g/mol. The molecule has 2 aromatic rings. The van der Waals surface area contributed by atoms with Crippen LogP contribution in [0.15, 0.2) is 53.4 Å². The Morgan fingerprint density at radius 1 is 1.14 bits per heavy atom. The van der Waals surface area contributed by atoms with Gasteiger partial charge in [0.05, 0.1) is 24.5 Å². The number of rotatable bonds is 7. The monoisotopic (exact) mass is 512 g/mol. The predicted molar refractivity (Wildman–Crippen MR) is 139 cm³/mol. The van der Waals surface area contributed by atoms with Gasteiger partial charge < -0.3 is 19.9 Å². The average Bonchev–Trinajstić information content (AvgIpc) is 3.26. The number of carbonyl (C=O) groups excluding carboxylic acids is 3. The summed E-state index contributed by atoms with van der Waals surface area (Å²) in [5, 5.41) is 2.62. The lowest BCUT2D eigenvalue weighted by Gasteiger charge is -2.36. The Kier molecular flexibility index (Phi) is 8.14. The Bertz CT molecular complexity index is 1150. The highest BCUT2D eigenvalue weighted by Crippen LogP contribution is 2.28. The van der Waals surface area contributed by atoms with E-state index >= 15 is 4.39 Å². The van der Waals surface area contributed by atoms with Gasteiger partial charge in [-0.1, -0.05) is 12.1 Å². The molecule has 2 heterocycles. The quantitative estimate of drug-likeness (QED) is 0.453. The van der Waals surface area contributed by atoms with E-state index in [4.69, 9.17) is 4.74 Å². The van der Waals surface area contributed by atoms with Crippen molar-refractivity contribution in [2.24, 2.45) is 0 Å². The van der Waals surface area contributed by atoms with Crippen LogP contribution >= 0.6 is 11.8 Å². The summed E-state index contributed by atoms with van der Waals surface area (Å²) < 4.78 is 20.3. The van der Waals surface area contributed by atoms with Gasteiger partial charge >= 0.3 is 6.09 Å². The second-order valence-corrected chi connectivity index (χ2v) is 9.49. The van der Waals surface area contributed by atoms with Crippen LogP contribution in [0.25, 0.3) is 6.08 Å². The summed E-state index contributed by atoms with van der Waals surface area (Å²) in [6.07, 6.45) is 4.34. The summed E-state index contributed by atoms with van der Waals surface area (Å²) in [5.41, 5.74) is 1.79. The van der Waals surface area contributed by atoms with Crippen molar-refractivity contribution in [1.82, 2.24) is 10.2 Å². The first-order valence-electron chi connectivity index (χ1n) is 11.7. The van der Waals surface area contributed by atoms with Crippen LogP contribution in [-0.2, 0) is 14.3 Å². The van der Waals surface area contributed by atoms with Crippen molar-refractivity contribution in [3.05, 3.63) is 59.9 Å². The molecule has 10 heteroatoms. The number of halogens is 1. The van der Waals surface area contributed by atoms with Gasteiger partial charge in [-0.25, -0.2) is 9.18 Å². The predicted octanol–water partition coefficient (Wildman–Crippen LogP) is 3.37. The van der Waals surface area contributed by atoms with E-state index < -0.39 is 18.0 Å². The molecule has 0 aromatic heterocycles. The first-order valence-corrected chi connectivity index (χ1v) is 12.9. The summed E-state index contributed by atoms with van der Waals surface area (Å²) in [4.78, 5) is 42.1. The van der Waals surface area contributed by atoms with Gasteiger partial charge in [-0.15, -0.1) is 11.8 Å². The van der Waals surface area contributed by atoms with Crippen LogP contribution in [0.4, 0.5) is 20.6 Å². The van der Waals surface area contributed by atoms with Crippen LogP contribution in [0.3, 0.4) is 0 Å². The van der Waals surface area contributed by atoms with Crippen LogP contribution < -0.4 is 15.1 Å². The number of hydrogen-bond donors (Lipinski definition) is 1. The molecule has 1 atom stereocenters. The van der Waals surface area contributed by atoms with Gasteiger partial charge in [0.15, 0.2) is 0 Å². The van der Waals surface area contributed by atoms with Gasteiger partial charge in [0.1, 0.15) is 11.9 Å². The molecule has 8 nitrogen and oxygen atoms in total.